The molecule has 0 saturated carbocycles. The first-order valence-electron chi connectivity index (χ1n) is 8.82. The van der Waals surface area contributed by atoms with Crippen LogP contribution in [0, 0.1) is 0 Å². The topological polar surface area (TPSA) is 91.4 Å². The van der Waals surface area contributed by atoms with E-state index in [0.29, 0.717) is 57.9 Å². The number of nitrogens with zero attached hydrogens (tertiary/aromatic N) is 4. The Morgan fingerprint density at radius 2 is 2.04 bits per heavy atom. The van der Waals surface area contributed by atoms with Gasteiger partial charge < -0.3 is 14.5 Å². The second-order valence-corrected chi connectivity index (χ2v) is 6.54. The monoisotopic (exact) mass is 355 g/mol. The molecule has 1 saturated heterocycles. The third-order valence-electron chi connectivity index (χ3n) is 4.87. The van der Waals surface area contributed by atoms with Gasteiger partial charge in [0.25, 0.3) is 5.91 Å². The molecule has 0 atom stereocenters. The first-order valence-corrected chi connectivity index (χ1v) is 8.82. The largest absolute Gasteiger partial charge is 0.378 e. The number of rotatable bonds is 3. The van der Waals surface area contributed by atoms with E-state index >= 15 is 0 Å². The van der Waals surface area contributed by atoms with Crippen LogP contribution < -0.4 is 0 Å². The summed E-state index contributed by atoms with van der Waals surface area (Å²) in [7, 11) is 0. The fourth-order valence-electron chi connectivity index (χ4n) is 3.41. The second kappa shape index (κ2) is 7.25. The summed E-state index contributed by atoms with van der Waals surface area (Å²) in [6.45, 7) is 3.36. The minimum Gasteiger partial charge on any atom is -0.378 e. The van der Waals surface area contributed by atoms with Crippen molar-refractivity contribution < 1.29 is 14.3 Å². The highest BCUT2D eigenvalue weighted by Crippen LogP contribution is 2.22. The van der Waals surface area contributed by atoms with E-state index in [-0.39, 0.29) is 11.8 Å². The number of H-pyrrole nitrogens is 1. The van der Waals surface area contributed by atoms with Crippen molar-refractivity contribution in [2.45, 2.75) is 19.4 Å². The number of carbonyl (C=O) groups excluding carboxylic acids is 2. The maximum Gasteiger partial charge on any atom is 0.274 e. The second-order valence-electron chi connectivity index (χ2n) is 6.54. The van der Waals surface area contributed by atoms with E-state index < -0.39 is 0 Å². The third kappa shape index (κ3) is 3.32. The van der Waals surface area contributed by atoms with E-state index in [4.69, 9.17) is 4.74 Å². The van der Waals surface area contributed by atoms with Crippen LogP contribution >= 0.6 is 0 Å². The van der Waals surface area contributed by atoms with Gasteiger partial charge in [-0.1, -0.05) is 6.07 Å². The number of aromatic nitrogens is 3. The molecule has 2 aliphatic rings. The molecular weight excluding hydrogens is 334 g/mol. The highest BCUT2D eigenvalue weighted by atomic mass is 16.5. The maximum atomic E-state index is 12.7. The van der Waals surface area contributed by atoms with Crippen molar-refractivity contribution in [1.82, 2.24) is 25.0 Å². The summed E-state index contributed by atoms with van der Waals surface area (Å²) in [6.07, 6.45) is 4.37. The van der Waals surface area contributed by atoms with Gasteiger partial charge in [-0.2, -0.15) is 5.10 Å². The lowest BCUT2D eigenvalue weighted by Gasteiger charge is -2.28. The van der Waals surface area contributed by atoms with Crippen molar-refractivity contribution in [1.29, 1.82) is 0 Å². The maximum absolute atomic E-state index is 12.7. The molecule has 136 valence electrons. The molecule has 1 N–H and O–H groups in total. The van der Waals surface area contributed by atoms with E-state index in [2.05, 4.69) is 15.2 Å². The summed E-state index contributed by atoms with van der Waals surface area (Å²) in [4.78, 5) is 32.9. The normalized spacial score (nSPS) is 17.1. The molecule has 0 spiro atoms. The Kier molecular flexibility index (Phi) is 4.66. The van der Waals surface area contributed by atoms with Gasteiger partial charge in [0, 0.05) is 37.6 Å². The number of morpholine rings is 1. The van der Waals surface area contributed by atoms with Crippen molar-refractivity contribution >= 4 is 11.8 Å². The standard InChI is InChI=1S/C18H21N5O3/c24-16(10-13-2-1-4-19-11-13)23-5-3-14-15(12-23)20-21-17(14)18(25)22-6-8-26-9-7-22/h1-2,4,11H,3,5-10,12H2,(H,20,21). The first kappa shape index (κ1) is 16.7. The molecular formula is C18H21N5O3. The molecule has 2 aromatic heterocycles. The number of carbonyl (C=O) groups is 2. The van der Waals surface area contributed by atoms with Crippen LogP contribution in [0.4, 0.5) is 0 Å². The van der Waals surface area contributed by atoms with E-state index in [1.54, 1.807) is 22.2 Å². The molecule has 1 fully saturated rings. The van der Waals surface area contributed by atoms with Crippen molar-refractivity contribution in [3.05, 3.63) is 47.0 Å². The minimum absolute atomic E-state index is 0.0547. The molecule has 8 nitrogen and oxygen atoms in total. The molecule has 2 aliphatic heterocycles. The Morgan fingerprint density at radius 3 is 2.81 bits per heavy atom. The van der Waals surface area contributed by atoms with Gasteiger partial charge in [-0.15, -0.1) is 0 Å². The Balaban J connectivity index is 1.44. The summed E-state index contributed by atoms with van der Waals surface area (Å²) in [5, 5.41) is 7.21. The lowest BCUT2D eigenvalue weighted by molar-refractivity contribution is -0.131. The lowest BCUT2D eigenvalue weighted by Crippen LogP contribution is -2.42. The van der Waals surface area contributed by atoms with Crippen LogP contribution in [0.25, 0.3) is 0 Å². The zero-order valence-corrected chi connectivity index (χ0v) is 14.5. The highest BCUT2D eigenvalue weighted by Gasteiger charge is 2.30. The van der Waals surface area contributed by atoms with Crippen LogP contribution in [0.3, 0.4) is 0 Å². The Labute approximate surface area is 151 Å². The van der Waals surface area contributed by atoms with Crippen LogP contribution in [-0.2, 0) is 28.9 Å². The first-order chi connectivity index (χ1) is 12.7. The van der Waals surface area contributed by atoms with Crippen LogP contribution in [0.2, 0.25) is 0 Å². The number of hydrogen-bond acceptors (Lipinski definition) is 5. The van der Waals surface area contributed by atoms with E-state index in [9.17, 15) is 9.59 Å². The van der Waals surface area contributed by atoms with E-state index in [1.165, 1.54) is 0 Å². The number of aromatic amines is 1. The number of hydrogen-bond donors (Lipinski definition) is 1. The van der Waals surface area contributed by atoms with Crippen molar-refractivity contribution in [3.8, 4) is 0 Å². The van der Waals surface area contributed by atoms with Crippen LogP contribution in [0.1, 0.15) is 27.3 Å². The molecule has 0 unspecified atom stereocenters. The van der Waals surface area contributed by atoms with Gasteiger partial charge >= 0.3 is 0 Å². The van der Waals surface area contributed by atoms with Gasteiger partial charge in [-0.3, -0.25) is 19.7 Å². The van der Waals surface area contributed by atoms with Gasteiger partial charge in [0.2, 0.25) is 5.91 Å². The van der Waals surface area contributed by atoms with E-state index in [0.717, 1.165) is 16.8 Å². The molecule has 26 heavy (non-hydrogen) atoms. The summed E-state index contributed by atoms with van der Waals surface area (Å²) >= 11 is 0. The van der Waals surface area contributed by atoms with Gasteiger partial charge in [0.15, 0.2) is 5.69 Å². The number of amides is 2. The minimum atomic E-state index is -0.0547. The number of fused-ring (bicyclic) bond motifs is 1. The fourth-order valence-corrected chi connectivity index (χ4v) is 3.41. The number of pyridine rings is 1. The smallest absolute Gasteiger partial charge is 0.274 e. The molecule has 0 bridgehead atoms. The summed E-state index contributed by atoms with van der Waals surface area (Å²) in [5.41, 5.74) is 3.18. The molecule has 0 aliphatic carbocycles. The van der Waals surface area contributed by atoms with Gasteiger partial charge in [0.1, 0.15) is 0 Å². The van der Waals surface area contributed by atoms with Crippen LogP contribution in [0.5, 0.6) is 0 Å². The molecule has 0 aromatic carbocycles. The molecule has 8 heteroatoms. The van der Waals surface area contributed by atoms with Gasteiger partial charge in [-0.25, -0.2) is 0 Å². The summed E-state index contributed by atoms with van der Waals surface area (Å²) < 4.78 is 5.30. The number of nitrogens with one attached hydrogen (secondary N) is 1. The Morgan fingerprint density at radius 1 is 1.19 bits per heavy atom. The quantitative estimate of drug-likeness (QED) is 0.861. The van der Waals surface area contributed by atoms with Gasteiger partial charge in [-0.05, 0) is 18.1 Å². The Hall–Kier alpha value is -2.74. The molecule has 4 rings (SSSR count). The highest BCUT2D eigenvalue weighted by molar-refractivity contribution is 5.94. The van der Waals surface area contributed by atoms with Crippen molar-refractivity contribution in [2.24, 2.45) is 0 Å². The molecule has 2 aromatic rings. The SMILES string of the molecule is O=C(Cc1cccnc1)N1CCc2c(C(=O)N3CCOCC3)n[nH]c2C1. The molecule has 0 radical (unpaired) electrons. The van der Waals surface area contributed by atoms with Gasteiger partial charge in [0.05, 0.1) is 31.9 Å². The third-order valence-corrected chi connectivity index (χ3v) is 4.87. The number of ether oxygens (including phenoxy) is 1. The summed E-state index contributed by atoms with van der Waals surface area (Å²) in [5.74, 6) is 0.000224. The predicted octanol–water partition coefficient (Wildman–Crippen LogP) is 0.405. The average molecular weight is 355 g/mol. The zero-order valence-electron chi connectivity index (χ0n) is 14.5. The molecule has 4 heterocycles. The van der Waals surface area contributed by atoms with Crippen molar-refractivity contribution in [3.63, 3.8) is 0 Å². The average Bonchev–Trinajstić information content (AvgIpc) is 3.12. The summed E-state index contributed by atoms with van der Waals surface area (Å²) in [6, 6.07) is 3.73. The van der Waals surface area contributed by atoms with Crippen LogP contribution in [0.15, 0.2) is 24.5 Å². The Bertz CT molecular complexity index is 798. The lowest BCUT2D eigenvalue weighted by atomic mass is 10.0. The van der Waals surface area contributed by atoms with Crippen molar-refractivity contribution in [2.75, 3.05) is 32.8 Å². The predicted molar refractivity (Wildman–Crippen MR) is 92.4 cm³/mol. The van der Waals surface area contributed by atoms with Crippen LogP contribution in [-0.4, -0.2) is 69.6 Å². The zero-order chi connectivity index (χ0) is 17.9. The fraction of sp³-hybridized carbons (Fsp3) is 0.444. The molecule has 2 amide bonds. The van der Waals surface area contributed by atoms with E-state index in [1.807, 2.05) is 12.1 Å².